The van der Waals surface area contributed by atoms with Crippen LogP contribution < -0.4 is 87.6 Å². The van der Waals surface area contributed by atoms with Crippen LogP contribution in [0.1, 0.15) is 0 Å². The monoisotopic (exact) mass is 816 g/mol. The zero-order valence-electron chi connectivity index (χ0n) is 15.2. The van der Waals surface area contributed by atoms with Crippen LogP contribution in [0.5, 0.6) is 0 Å². The first-order valence-electron chi connectivity index (χ1n) is 2.12. The maximum absolute atomic E-state index is 8.42. The van der Waals surface area contributed by atoms with Gasteiger partial charge in [0.1, 0.15) is 0 Å². The van der Waals surface area contributed by atoms with Gasteiger partial charge in [0.15, 0.2) is 0 Å². The van der Waals surface area contributed by atoms with Gasteiger partial charge in [-0.05, 0) is 0 Å². The molecule has 144 valence electrons. The fraction of sp³-hybridized carbons (Fsp3) is 0. The summed E-state index contributed by atoms with van der Waals surface area (Å²) in [5.74, 6) is 0. The second-order valence-electron chi connectivity index (χ2n) is 0.866. The first-order valence-corrected chi connectivity index (χ1v) is 2.12. The molecule has 9 nitrogen and oxygen atoms in total. The molecule has 0 aromatic carbocycles. The molecular weight excluding hydrogens is 813 g/mol. The van der Waals surface area contributed by atoms with Crippen LogP contribution in [0.3, 0.4) is 0 Å². The quantitative estimate of drug-likeness (QED) is 0.168. The van der Waals surface area contributed by atoms with Crippen LogP contribution in [0.4, 0.5) is 0 Å². The van der Waals surface area contributed by atoms with Crippen LogP contribution in [0.2, 0.25) is 0 Å². The first-order chi connectivity index (χ1) is 5.20. The average molecular weight is 813 g/mol. The van der Waals surface area contributed by atoms with Gasteiger partial charge in [0.05, 0.1) is 0 Å². The van der Waals surface area contributed by atoms with Gasteiger partial charge >= 0.3 is 207 Å². The Bertz CT molecular complexity index is 93.7. The maximum Gasteiger partial charge on any atom is 2.00 e. The summed E-state index contributed by atoms with van der Waals surface area (Å²) < 4.78 is 0. The van der Waals surface area contributed by atoms with Gasteiger partial charge in [0.2, 0.25) is 0 Å². The molecule has 0 aromatic heterocycles. The Morgan fingerprint density at radius 3 is 0.233 bits per heavy atom. The minimum absolute atomic E-state index is 0. The van der Waals surface area contributed by atoms with E-state index in [1.807, 2.05) is 0 Å². The van der Waals surface area contributed by atoms with E-state index in [1.165, 1.54) is 0 Å². The van der Waals surface area contributed by atoms with Gasteiger partial charge in [-0.25, -0.2) is 0 Å². The Morgan fingerprint density at radius 1 is 0.233 bits per heavy atom. The van der Waals surface area contributed by atoms with Crippen LogP contribution in [0.25, 0.3) is 0 Å². The van der Waals surface area contributed by atoms with Crippen LogP contribution in [-0.4, -0.2) is 229 Å². The first kappa shape index (κ1) is 207. The third-order valence-electron chi connectivity index (χ3n) is 0. The van der Waals surface area contributed by atoms with Gasteiger partial charge in [0.25, 0.3) is 0 Å². The van der Waals surface area contributed by atoms with Crippen molar-refractivity contribution in [3.8, 4) is 0 Å². The van der Waals surface area contributed by atoms with Crippen molar-refractivity contribution in [2.45, 2.75) is 0 Å². The van der Waals surface area contributed by atoms with Crippen molar-refractivity contribution >= 4 is 229 Å². The van der Waals surface area contributed by atoms with Crippen LogP contribution in [0, 0.1) is 0 Å². The molecule has 0 fully saturated rings. The SMILES string of the molecule is [Ba+2].[Ba+2].[Ba+2].[Be+2].[Be+2].[Be+2].[Be+2].[Be+2].[Be+2].[F-].[F-].[F-].[F-].[F-].[F-].[F-].[F-].[F-].[O-]B([O-])[O-].[O-]B([O-])[O-].[O-]B([O-])[O-]. The van der Waals surface area contributed by atoms with E-state index in [-0.39, 0.29) is 250 Å². The molecule has 0 spiro atoms. The molecule has 0 aliphatic carbocycles. The molecule has 30 heteroatoms. The summed E-state index contributed by atoms with van der Waals surface area (Å²) in [6.45, 7) is 0. The molecule has 0 aromatic rings. The van der Waals surface area contributed by atoms with Crippen LogP contribution >= 0.6 is 0 Å². The summed E-state index contributed by atoms with van der Waals surface area (Å²) >= 11 is 0. The number of halogens is 9. The summed E-state index contributed by atoms with van der Waals surface area (Å²) in [6.07, 6.45) is 0. The summed E-state index contributed by atoms with van der Waals surface area (Å²) in [5, 5.41) is 75.8. The second kappa shape index (κ2) is 190. The Labute approximate surface area is 310 Å². The molecule has 0 radical (unpaired) electrons. The molecule has 30 heavy (non-hydrogen) atoms. The average Bonchev–Trinajstić information content (AvgIpc) is 1.54. The van der Waals surface area contributed by atoms with Gasteiger partial charge in [-0.2, -0.15) is 0 Å². The van der Waals surface area contributed by atoms with Gasteiger partial charge in [0, 0.05) is 0 Å². The van der Waals surface area contributed by atoms with E-state index in [0.717, 1.165) is 0 Å². The Morgan fingerprint density at radius 2 is 0.233 bits per heavy atom. The predicted molar refractivity (Wildman–Crippen MR) is 69.0 cm³/mol. The van der Waals surface area contributed by atoms with Crippen molar-refractivity contribution in [2.24, 2.45) is 0 Å². The molecule has 0 rings (SSSR count). The molecule has 0 bridgehead atoms. The minimum Gasteiger partial charge on any atom is -1.00 e. The molecule has 0 atom stereocenters. The van der Waals surface area contributed by atoms with Crippen molar-refractivity contribution in [3.05, 3.63) is 0 Å². The third-order valence-corrected chi connectivity index (χ3v) is 0. The summed E-state index contributed by atoms with van der Waals surface area (Å²) in [6, 6.07) is 0. The van der Waals surface area contributed by atoms with Crippen molar-refractivity contribution in [1.82, 2.24) is 0 Å². The fourth-order valence-electron chi connectivity index (χ4n) is 0. The van der Waals surface area contributed by atoms with E-state index in [4.69, 9.17) is 45.2 Å². The molecular formula is B3Ba3Be6F9O9. The van der Waals surface area contributed by atoms with E-state index in [0.29, 0.717) is 0 Å². The minimum atomic E-state index is -2.92. The van der Waals surface area contributed by atoms with Crippen molar-refractivity contribution in [3.63, 3.8) is 0 Å². The summed E-state index contributed by atoms with van der Waals surface area (Å²) in [7, 11) is -8.75. The second-order valence-corrected chi connectivity index (χ2v) is 0.866. The number of hydrogen-bond acceptors (Lipinski definition) is 9. The van der Waals surface area contributed by atoms with E-state index in [1.54, 1.807) is 0 Å². The van der Waals surface area contributed by atoms with E-state index < -0.39 is 22.0 Å². The number of rotatable bonds is 0. The zero-order chi connectivity index (χ0) is 10.7. The normalized spacial score (nSPS) is 2.70. The Hall–Kier alpha value is 4.93. The van der Waals surface area contributed by atoms with Gasteiger partial charge < -0.3 is 87.6 Å². The van der Waals surface area contributed by atoms with E-state index in [2.05, 4.69) is 0 Å². The van der Waals surface area contributed by atoms with Crippen LogP contribution in [-0.2, 0) is 0 Å². The standard InChI is InChI=1S/3BO3.3Ba.6Be.9FH/c3*2-1(3)4;;;;;;;;;;;;;;;;;;/h;;;;;;;;;;;;9*1H/q3*-3;9*+2;;;;;;;;;/p-9. The van der Waals surface area contributed by atoms with Gasteiger partial charge in [-0.3, -0.25) is 22.0 Å². The molecule has 0 amide bonds. The molecule has 0 saturated carbocycles. The number of hydrogen-bond donors (Lipinski definition) is 0. The fourth-order valence-corrected chi connectivity index (χ4v) is 0. The molecule has 0 saturated heterocycles. The summed E-state index contributed by atoms with van der Waals surface area (Å²) in [4.78, 5) is 0. The Kier molecular flexibility index (Phi) is 1310. The predicted octanol–water partition coefficient (Wildman–Crippen LogP) is -42.2. The van der Waals surface area contributed by atoms with Gasteiger partial charge in [-0.1, -0.05) is 0 Å². The Balaban J connectivity index is -0.00000000164. The van der Waals surface area contributed by atoms with E-state index in [9.17, 15) is 0 Å². The summed E-state index contributed by atoms with van der Waals surface area (Å²) in [5.41, 5.74) is 0. The maximum atomic E-state index is 8.42. The van der Waals surface area contributed by atoms with Crippen molar-refractivity contribution in [2.75, 3.05) is 0 Å². The van der Waals surface area contributed by atoms with Gasteiger partial charge in [-0.15, -0.1) is 0 Å². The smallest absolute Gasteiger partial charge is 1.00 e. The largest absolute Gasteiger partial charge is 2.00 e. The topological polar surface area (TPSA) is 208 Å². The molecule has 0 aliphatic rings. The van der Waals surface area contributed by atoms with Crippen molar-refractivity contribution < 1.29 is 87.6 Å². The van der Waals surface area contributed by atoms with E-state index >= 15 is 0 Å². The third kappa shape index (κ3) is 1380. The molecule has 0 unspecified atom stereocenters. The molecule has 0 aliphatic heterocycles. The zero-order valence-corrected chi connectivity index (χ0v) is 28.5. The molecule has 0 N–H and O–H groups in total. The molecule has 0 heterocycles. The van der Waals surface area contributed by atoms with Crippen LogP contribution in [0.15, 0.2) is 0 Å². The van der Waals surface area contributed by atoms with Crippen molar-refractivity contribution in [1.29, 1.82) is 0 Å².